The van der Waals surface area contributed by atoms with Crippen molar-refractivity contribution < 1.29 is 29.6 Å². The van der Waals surface area contributed by atoms with Gasteiger partial charge in [-0.15, -0.1) is 0 Å². The maximum absolute atomic E-state index is 12.5. The van der Waals surface area contributed by atoms with Gasteiger partial charge in [-0.05, 0) is 38.0 Å². The van der Waals surface area contributed by atoms with Gasteiger partial charge in [0.15, 0.2) is 5.78 Å². The van der Waals surface area contributed by atoms with Crippen LogP contribution in [0.5, 0.6) is 5.75 Å². The average Bonchev–Trinajstić information content (AvgIpc) is 2.59. The second-order valence-electron chi connectivity index (χ2n) is 6.40. The lowest BCUT2D eigenvalue weighted by molar-refractivity contribution is -0.127. The Hall–Kier alpha value is -2.64. The Labute approximate surface area is 158 Å². The van der Waals surface area contributed by atoms with Gasteiger partial charge in [0, 0.05) is 24.7 Å². The zero-order chi connectivity index (χ0) is 20.0. The van der Waals surface area contributed by atoms with E-state index in [4.69, 9.17) is 4.74 Å². The Morgan fingerprint density at radius 1 is 1.15 bits per heavy atom. The molecule has 7 heteroatoms. The number of ether oxygens (including phenoxy) is 1. The summed E-state index contributed by atoms with van der Waals surface area (Å²) in [7, 11) is 0. The van der Waals surface area contributed by atoms with Crippen molar-refractivity contribution >= 4 is 23.5 Å². The number of rotatable bonds is 2. The van der Waals surface area contributed by atoms with Gasteiger partial charge in [-0.1, -0.05) is 18.2 Å². The van der Waals surface area contributed by atoms with Crippen LogP contribution in [0.15, 0.2) is 30.4 Å². The summed E-state index contributed by atoms with van der Waals surface area (Å²) in [5, 5.41) is 33.3. The minimum Gasteiger partial charge on any atom is -0.507 e. The fourth-order valence-electron chi connectivity index (χ4n) is 2.73. The number of phenols is 1. The van der Waals surface area contributed by atoms with E-state index in [-0.39, 0.29) is 24.2 Å². The molecule has 0 bridgehead atoms. The van der Waals surface area contributed by atoms with Crippen LogP contribution >= 0.6 is 0 Å². The van der Waals surface area contributed by atoms with E-state index in [1.165, 1.54) is 24.3 Å². The van der Waals surface area contributed by atoms with E-state index in [9.17, 15) is 24.9 Å². The number of phenolic OH excluding ortho intramolecular Hbond substituents is 1. The number of esters is 1. The number of anilines is 1. The second-order valence-corrected chi connectivity index (χ2v) is 6.40. The highest BCUT2D eigenvalue weighted by Gasteiger charge is 2.23. The van der Waals surface area contributed by atoms with Crippen LogP contribution in [0.1, 0.15) is 42.6 Å². The molecule has 1 aromatic carbocycles. The topological polar surface area (TPSA) is 116 Å². The molecule has 3 atom stereocenters. The number of nitrogens with one attached hydrogen (secondary N) is 1. The summed E-state index contributed by atoms with van der Waals surface area (Å²) in [6.45, 7) is 4.18. The van der Waals surface area contributed by atoms with Crippen molar-refractivity contribution in [1.82, 2.24) is 0 Å². The fraction of sp³-hybridized carbons (Fsp3) is 0.400. The van der Waals surface area contributed by atoms with Crippen LogP contribution in [0.4, 0.5) is 5.69 Å². The third-order valence-electron chi connectivity index (χ3n) is 4.12. The zero-order valence-electron chi connectivity index (χ0n) is 15.4. The Morgan fingerprint density at radius 2 is 1.85 bits per heavy atom. The maximum atomic E-state index is 12.5. The SMILES string of the molecule is CCNc1cc(O)c2c(c1)/C=C/C[C@H](O)[C@H](O)C(=O)/C=C\C[C@H](C)OC2=O. The smallest absolute Gasteiger partial charge is 0.342 e. The molecule has 4 N–H and O–H groups in total. The van der Waals surface area contributed by atoms with Crippen molar-refractivity contribution in [3.63, 3.8) is 0 Å². The second kappa shape index (κ2) is 9.34. The van der Waals surface area contributed by atoms with Gasteiger partial charge in [-0.25, -0.2) is 4.79 Å². The Bertz CT molecular complexity index is 755. The number of benzene rings is 1. The molecule has 1 aliphatic rings. The monoisotopic (exact) mass is 375 g/mol. The first-order valence-electron chi connectivity index (χ1n) is 8.88. The maximum Gasteiger partial charge on any atom is 0.342 e. The van der Waals surface area contributed by atoms with Crippen LogP contribution < -0.4 is 5.32 Å². The number of fused-ring (bicyclic) bond motifs is 1. The first-order chi connectivity index (χ1) is 12.8. The summed E-state index contributed by atoms with van der Waals surface area (Å²) in [5.74, 6) is -1.51. The number of aliphatic hydroxyl groups is 2. The van der Waals surface area contributed by atoms with Gasteiger partial charge in [0.05, 0.1) is 6.10 Å². The van der Waals surface area contributed by atoms with Crippen molar-refractivity contribution in [2.45, 2.75) is 45.0 Å². The number of ketones is 1. The quantitative estimate of drug-likeness (QED) is 0.585. The third-order valence-corrected chi connectivity index (χ3v) is 4.12. The fourth-order valence-corrected chi connectivity index (χ4v) is 2.73. The van der Waals surface area contributed by atoms with Gasteiger partial charge in [-0.3, -0.25) is 4.79 Å². The molecule has 27 heavy (non-hydrogen) atoms. The highest BCUT2D eigenvalue weighted by atomic mass is 16.5. The van der Waals surface area contributed by atoms with Crippen LogP contribution in [0.25, 0.3) is 6.08 Å². The predicted molar refractivity (Wildman–Crippen MR) is 102 cm³/mol. The minimum atomic E-state index is -1.53. The molecule has 0 unspecified atom stereocenters. The zero-order valence-corrected chi connectivity index (χ0v) is 15.4. The lowest BCUT2D eigenvalue weighted by Gasteiger charge is -2.17. The predicted octanol–water partition coefficient (Wildman–Crippen LogP) is 2.02. The minimum absolute atomic E-state index is 0.00215. The summed E-state index contributed by atoms with van der Waals surface area (Å²) >= 11 is 0. The van der Waals surface area contributed by atoms with Crippen LogP contribution in [0, 0.1) is 0 Å². The van der Waals surface area contributed by atoms with Crippen LogP contribution in [0.3, 0.4) is 0 Å². The molecule has 0 fully saturated rings. The summed E-state index contributed by atoms with van der Waals surface area (Å²) in [4.78, 5) is 24.4. The van der Waals surface area contributed by atoms with Crippen molar-refractivity contribution in [2.75, 3.05) is 11.9 Å². The lowest BCUT2D eigenvalue weighted by Crippen LogP contribution is -2.32. The van der Waals surface area contributed by atoms with Gasteiger partial charge < -0.3 is 25.4 Å². The first-order valence-corrected chi connectivity index (χ1v) is 8.88. The van der Waals surface area contributed by atoms with Crippen LogP contribution in [-0.2, 0) is 9.53 Å². The molecule has 2 rings (SSSR count). The van der Waals surface area contributed by atoms with E-state index in [1.807, 2.05) is 6.92 Å². The van der Waals surface area contributed by atoms with Crippen molar-refractivity contribution in [2.24, 2.45) is 0 Å². The van der Waals surface area contributed by atoms with Gasteiger partial charge in [-0.2, -0.15) is 0 Å². The molecule has 0 aromatic heterocycles. The Morgan fingerprint density at radius 3 is 2.56 bits per heavy atom. The average molecular weight is 375 g/mol. The number of aromatic hydroxyl groups is 1. The molecule has 0 aliphatic carbocycles. The molecule has 1 aromatic rings. The van der Waals surface area contributed by atoms with Gasteiger partial charge in [0.2, 0.25) is 0 Å². The molecule has 7 nitrogen and oxygen atoms in total. The Kier molecular flexibility index (Phi) is 7.15. The van der Waals surface area contributed by atoms with Crippen molar-refractivity contribution in [1.29, 1.82) is 0 Å². The van der Waals surface area contributed by atoms with Gasteiger partial charge >= 0.3 is 5.97 Å². The number of hydrogen-bond donors (Lipinski definition) is 4. The molecule has 0 saturated carbocycles. The highest BCUT2D eigenvalue weighted by Crippen LogP contribution is 2.29. The molecule has 0 amide bonds. The van der Waals surface area contributed by atoms with E-state index in [1.54, 1.807) is 19.1 Å². The van der Waals surface area contributed by atoms with E-state index in [0.29, 0.717) is 17.8 Å². The number of aliphatic hydroxyl groups excluding tert-OH is 2. The molecule has 0 saturated heterocycles. The summed E-state index contributed by atoms with van der Waals surface area (Å²) in [6, 6.07) is 3.13. The van der Waals surface area contributed by atoms with Gasteiger partial charge in [0.25, 0.3) is 0 Å². The molecule has 0 spiro atoms. The molecular formula is C20H25NO6. The standard InChI is InChI=1S/C20H25NO6/c1-3-21-14-10-13-7-5-9-16(23)19(25)15(22)8-4-6-12(2)27-20(26)18(13)17(24)11-14/h4-5,7-8,10-12,16,19,21,23-25H,3,6,9H2,1-2H3/b7-5+,8-4-/t12-,16-,19+/m0/s1. The normalized spacial score (nSPS) is 26.4. The number of hydrogen-bond acceptors (Lipinski definition) is 7. The number of carbonyl (C=O) groups excluding carboxylic acids is 2. The summed E-state index contributed by atoms with van der Waals surface area (Å²) in [6.07, 6.45) is 2.61. The summed E-state index contributed by atoms with van der Waals surface area (Å²) < 4.78 is 5.36. The van der Waals surface area contributed by atoms with Crippen molar-refractivity contribution in [3.8, 4) is 5.75 Å². The van der Waals surface area contributed by atoms with E-state index < -0.39 is 30.1 Å². The number of cyclic esters (lactones) is 1. The largest absolute Gasteiger partial charge is 0.507 e. The lowest BCUT2D eigenvalue weighted by atomic mass is 10.0. The van der Waals surface area contributed by atoms with E-state index >= 15 is 0 Å². The number of carbonyl (C=O) groups is 2. The molecular weight excluding hydrogens is 350 g/mol. The molecule has 1 aliphatic heterocycles. The molecule has 146 valence electrons. The third kappa shape index (κ3) is 5.42. The van der Waals surface area contributed by atoms with Crippen LogP contribution in [-0.4, -0.2) is 51.9 Å². The van der Waals surface area contributed by atoms with Gasteiger partial charge in [0.1, 0.15) is 23.5 Å². The Balaban J connectivity index is 2.45. The van der Waals surface area contributed by atoms with Crippen molar-refractivity contribution in [3.05, 3.63) is 41.5 Å². The first kappa shape index (κ1) is 20.7. The van der Waals surface area contributed by atoms with E-state index in [2.05, 4.69) is 5.32 Å². The van der Waals surface area contributed by atoms with Crippen LogP contribution in [0.2, 0.25) is 0 Å². The molecule has 1 heterocycles. The molecule has 0 radical (unpaired) electrons. The van der Waals surface area contributed by atoms with E-state index in [0.717, 1.165) is 0 Å². The highest BCUT2D eigenvalue weighted by molar-refractivity contribution is 5.97. The summed E-state index contributed by atoms with van der Waals surface area (Å²) in [5.41, 5.74) is 1.05.